The van der Waals surface area contributed by atoms with E-state index in [-0.39, 0.29) is 0 Å². The Balaban J connectivity index is 1.88. The van der Waals surface area contributed by atoms with Crippen molar-refractivity contribution in [1.82, 2.24) is 10.5 Å². The minimum absolute atomic E-state index is 0.433. The molecule has 0 amide bonds. The van der Waals surface area contributed by atoms with Crippen molar-refractivity contribution in [3.05, 3.63) is 17.5 Å². The molecule has 2 rings (SSSR count). The summed E-state index contributed by atoms with van der Waals surface area (Å²) in [6.07, 6.45) is 2.63. The molecule has 1 fully saturated rings. The highest BCUT2D eigenvalue weighted by Gasteiger charge is 2.20. The van der Waals surface area contributed by atoms with Crippen molar-refractivity contribution in [2.45, 2.75) is 45.2 Å². The first kappa shape index (κ1) is 8.75. The SMILES string of the molecule is CC(C)c1cc(CNC2CC2)no1. The third-order valence-corrected chi connectivity index (χ3v) is 2.30. The van der Waals surface area contributed by atoms with Gasteiger partial charge in [-0.15, -0.1) is 0 Å². The number of rotatable bonds is 4. The molecule has 72 valence electrons. The van der Waals surface area contributed by atoms with Crippen LogP contribution in [-0.2, 0) is 6.54 Å². The molecule has 1 aromatic rings. The smallest absolute Gasteiger partial charge is 0.139 e. The van der Waals surface area contributed by atoms with Gasteiger partial charge in [-0.05, 0) is 12.8 Å². The van der Waals surface area contributed by atoms with Gasteiger partial charge in [0.1, 0.15) is 5.76 Å². The first-order valence-electron chi connectivity index (χ1n) is 4.94. The lowest BCUT2D eigenvalue weighted by molar-refractivity contribution is 0.364. The molecule has 1 aliphatic carbocycles. The zero-order valence-corrected chi connectivity index (χ0v) is 8.21. The van der Waals surface area contributed by atoms with Crippen LogP contribution in [0.3, 0.4) is 0 Å². The second-order valence-corrected chi connectivity index (χ2v) is 4.03. The Kier molecular flexibility index (Phi) is 2.36. The predicted molar refractivity (Wildman–Crippen MR) is 50.5 cm³/mol. The van der Waals surface area contributed by atoms with E-state index in [0.717, 1.165) is 24.0 Å². The van der Waals surface area contributed by atoms with Gasteiger partial charge in [0.25, 0.3) is 0 Å². The molecular weight excluding hydrogens is 164 g/mol. The maximum absolute atomic E-state index is 5.19. The van der Waals surface area contributed by atoms with E-state index < -0.39 is 0 Å². The van der Waals surface area contributed by atoms with Gasteiger partial charge in [-0.25, -0.2) is 0 Å². The van der Waals surface area contributed by atoms with Crippen LogP contribution in [0.15, 0.2) is 10.6 Å². The zero-order valence-electron chi connectivity index (χ0n) is 8.21. The molecule has 0 bridgehead atoms. The molecule has 0 saturated heterocycles. The van der Waals surface area contributed by atoms with Crippen LogP contribution in [0.25, 0.3) is 0 Å². The summed E-state index contributed by atoms with van der Waals surface area (Å²) in [5.74, 6) is 1.41. The molecule has 0 aromatic carbocycles. The third kappa shape index (κ3) is 2.31. The molecule has 3 nitrogen and oxygen atoms in total. The third-order valence-electron chi connectivity index (χ3n) is 2.30. The molecule has 3 heteroatoms. The van der Waals surface area contributed by atoms with Gasteiger partial charge in [0.05, 0.1) is 5.69 Å². The number of hydrogen-bond acceptors (Lipinski definition) is 3. The van der Waals surface area contributed by atoms with E-state index in [1.807, 2.05) is 6.07 Å². The van der Waals surface area contributed by atoms with Crippen LogP contribution >= 0.6 is 0 Å². The molecule has 0 atom stereocenters. The van der Waals surface area contributed by atoms with Gasteiger partial charge >= 0.3 is 0 Å². The monoisotopic (exact) mass is 180 g/mol. The summed E-state index contributed by atoms with van der Waals surface area (Å²) in [6.45, 7) is 5.07. The van der Waals surface area contributed by atoms with Crippen molar-refractivity contribution in [1.29, 1.82) is 0 Å². The van der Waals surface area contributed by atoms with Crippen LogP contribution in [0, 0.1) is 0 Å². The minimum atomic E-state index is 0.433. The molecule has 0 radical (unpaired) electrons. The highest BCUT2D eigenvalue weighted by molar-refractivity contribution is 5.08. The van der Waals surface area contributed by atoms with Gasteiger partial charge in [-0.3, -0.25) is 0 Å². The summed E-state index contributed by atoms with van der Waals surface area (Å²) >= 11 is 0. The minimum Gasteiger partial charge on any atom is -0.361 e. The predicted octanol–water partition coefficient (Wildman–Crippen LogP) is 2.05. The second kappa shape index (κ2) is 3.50. The van der Waals surface area contributed by atoms with E-state index in [0.29, 0.717) is 5.92 Å². The van der Waals surface area contributed by atoms with Crippen LogP contribution in [0.2, 0.25) is 0 Å². The van der Waals surface area contributed by atoms with Crippen molar-refractivity contribution in [3.8, 4) is 0 Å². The fourth-order valence-corrected chi connectivity index (χ4v) is 1.22. The first-order valence-corrected chi connectivity index (χ1v) is 4.94. The van der Waals surface area contributed by atoms with Crippen molar-refractivity contribution in [2.24, 2.45) is 0 Å². The van der Waals surface area contributed by atoms with Gasteiger partial charge in [0.15, 0.2) is 0 Å². The number of hydrogen-bond donors (Lipinski definition) is 1. The molecular formula is C10H16N2O. The van der Waals surface area contributed by atoms with E-state index in [2.05, 4.69) is 24.3 Å². The lowest BCUT2D eigenvalue weighted by Gasteiger charge is -1.96. The van der Waals surface area contributed by atoms with Gasteiger partial charge in [0.2, 0.25) is 0 Å². The van der Waals surface area contributed by atoms with Crippen LogP contribution in [0.1, 0.15) is 44.1 Å². The fourth-order valence-electron chi connectivity index (χ4n) is 1.22. The summed E-state index contributed by atoms with van der Waals surface area (Å²) in [5.41, 5.74) is 1.02. The molecule has 13 heavy (non-hydrogen) atoms. The number of aromatic nitrogens is 1. The Labute approximate surface area is 78.5 Å². The molecule has 1 N–H and O–H groups in total. The topological polar surface area (TPSA) is 38.1 Å². The summed E-state index contributed by atoms with van der Waals surface area (Å²) < 4.78 is 5.19. The molecule has 0 unspecified atom stereocenters. The van der Waals surface area contributed by atoms with Crippen molar-refractivity contribution < 1.29 is 4.52 Å². The van der Waals surface area contributed by atoms with Gasteiger partial charge < -0.3 is 9.84 Å². The molecule has 0 spiro atoms. The van der Waals surface area contributed by atoms with Crippen LogP contribution in [0.5, 0.6) is 0 Å². The number of nitrogens with zero attached hydrogens (tertiary/aromatic N) is 1. The summed E-state index contributed by atoms with van der Waals surface area (Å²) in [4.78, 5) is 0. The Bertz CT molecular complexity index is 276. The molecule has 0 aliphatic heterocycles. The zero-order chi connectivity index (χ0) is 9.26. The van der Waals surface area contributed by atoms with Gasteiger partial charge in [-0.1, -0.05) is 19.0 Å². The maximum Gasteiger partial charge on any atom is 0.139 e. The lowest BCUT2D eigenvalue weighted by atomic mass is 10.1. The van der Waals surface area contributed by atoms with Crippen LogP contribution < -0.4 is 5.32 Å². The Morgan fingerprint density at radius 2 is 2.38 bits per heavy atom. The largest absolute Gasteiger partial charge is 0.361 e. The quantitative estimate of drug-likeness (QED) is 0.770. The van der Waals surface area contributed by atoms with E-state index in [1.54, 1.807) is 0 Å². The Hall–Kier alpha value is -0.830. The maximum atomic E-state index is 5.19. The molecule has 1 aliphatic rings. The fraction of sp³-hybridized carbons (Fsp3) is 0.700. The van der Waals surface area contributed by atoms with E-state index >= 15 is 0 Å². The van der Waals surface area contributed by atoms with Crippen molar-refractivity contribution >= 4 is 0 Å². The van der Waals surface area contributed by atoms with E-state index in [4.69, 9.17) is 4.52 Å². The van der Waals surface area contributed by atoms with E-state index in [1.165, 1.54) is 12.8 Å². The standard InChI is InChI=1S/C10H16N2O/c1-7(2)10-5-9(12-13-10)6-11-8-3-4-8/h5,7-8,11H,3-4,6H2,1-2H3. The molecule has 1 saturated carbocycles. The van der Waals surface area contributed by atoms with Gasteiger partial charge in [0, 0.05) is 24.6 Å². The lowest BCUT2D eigenvalue weighted by Crippen LogP contribution is -2.15. The van der Waals surface area contributed by atoms with Crippen LogP contribution in [-0.4, -0.2) is 11.2 Å². The highest BCUT2D eigenvalue weighted by Crippen LogP contribution is 2.20. The number of nitrogens with one attached hydrogen (secondary N) is 1. The van der Waals surface area contributed by atoms with Crippen molar-refractivity contribution in [2.75, 3.05) is 0 Å². The first-order chi connectivity index (χ1) is 6.25. The average molecular weight is 180 g/mol. The van der Waals surface area contributed by atoms with Crippen molar-refractivity contribution in [3.63, 3.8) is 0 Å². The summed E-state index contributed by atoms with van der Waals surface area (Å²) in [6, 6.07) is 2.78. The molecule has 1 heterocycles. The average Bonchev–Trinajstić information content (AvgIpc) is 2.79. The molecule has 1 aromatic heterocycles. The Morgan fingerprint density at radius 3 is 2.92 bits per heavy atom. The summed E-state index contributed by atoms with van der Waals surface area (Å²) in [7, 11) is 0. The Morgan fingerprint density at radius 1 is 1.62 bits per heavy atom. The van der Waals surface area contributed by atoms with E-state index in [9.17, 15) is 0 Å². The van der Waals surface area contributed by atoms with Crippen LogP contribution in [0.4, 0.5) is 0 Å². The van der Waals surface area contributed by atoms with Gasteiger partial charge in [-0.2, -0.15) is 0 Å². The second-order valence-electron chi connectivity index (χ2n) is 4.03. The normalized spacial score (nSPS) is 16.8. The highest BCUT2D eigenvalue weighted by atomic mass is 16.5. The summed E-state index contributed by atoms with van der Waals surface area (Å²) in [5, 5.41) is 7.40.